The molecule has 0 fully saturated rings. The summed E-state index contributed by atoms with van der Waals surface area (Å²) >= 11 is 0. The lowest BCUT2D eigenvalue weighted by Gasteiger charge is -2.25. The molecule has 1 aromatic carbocycles. The third-order valence-electron chi connectivity index (χ3n) is 3.48. The van der Waals surface area contributed by atoms with Crippen LogP contribution in [0, 0.1) is 5.41 Å². The van der Waals surface area contributed by atoms with Crippen LogP contribution in [-0.2, 0) is 16.4 Å². The fourth-order valence-electron chi connectivity index (χ4n) is 1.97. The molecular formula is C16H27NO3S. The van der Waals surface area contributed by atoms with E-state index in [0.29, 0.717) is 6.42 Å². The van der Waals surface area contributed by atoms with E-state index in [-0.39, 0.29) is 16.9 Å². The summed E-state index contributed by atoms with van der Waals surface area (Å²) in [7, 11) is -3.49. The molecule has 0 amide bonds. The number of aliphatic hydroxyl groups excluding tert-OH is 1. The summed E-state index contributed by atoms with van der Waals surface area (Å²) in [6.07, 6.45) is 1.85. The lowest BCUT2D eigenvalue weighted by molar-refractivity contribution is 0.0571. The van der Waals surface area contributed by atoms with Crippen LogP contribution >= 0.6 is 0 Å². The highest BCUT2D eigenvalue weighted by Crippen LogP contribution is 2.21. The van der Waals surface area contributed by atoms with Crippen LogP contribution in [0.5, 0.6) is 0 Å². The molecule has 1 rings (SSSR count). The van der Waals surface area contributed by atoms with Crippen molar-refractivity contribution in [3.63, 3.8) is 0 Å². The van der Waals surface area contributed by atoms with Crippen LogP contribution in [0.1, 0.15) is 46.1 Å². The van der Waals surface area contributed by atoms with Crippen LogP contribution in [0.15, 0.2) is 29.2 Å². The number of hydrogen-bond donors (Lipinski definition) is 2. The molecule has 0 saturated carbocycles. The molecule has 0 aliphatic rings. The molecule has 0 heterocycles. The van der Waals surface area contributed by atoms with Crippen molar-refractivity contribution in [2.75, 3.05) is 6.54 Å². The molecule has 1 atom stereocenters. The van der Waals surface area contributed by atoms with Crippen molar-refractivity contribution in [2.45, 2.75) is 58.0 Å². The zero-order chi connectivity index (χ0) is 16.1. The number of nitrogens with one attached hydrogen (secondary N) is 1. The van der Waals surface area contributed by atoms with Gasteiger partial charge < -0.3 is 5.11 Å². The molecule has 0 saturated heterocycles. The van der Waals surface area contributed by atoms with E-state index in [1.54, 1.807) is 12.1 Å². The summed E-state index contributed by atoms with van der Waals surface area (Å²) in [5.74, 6) is 0. The van der Waals surface area contributed by atoms with Crippen LogP contribution in [0.3, 0.4) is 0 Å². The third-order valence-corrected chi connectivity index (χ3v) is 4.96. The predicted octanol–water partition coefficient (Wildman–Crippen LogP) is 2.71. The summed E-state index contributed by atoms with van der Waals surface area (Å²) in [5.41, 5.74) is 0.896. The molecule has 0 spiro atoms. The summed E-state index contributed by atoms with van der Waals surface area (Å²) in [6, 6.07) is 6.96. The van der Waals surface area contributed by atoms with E-state index in [0.717, 1.165) is 18.4 Å². The topological polar surface area (TPSA) is 66.4 Å². The second kappa shape index (κ2) is 7.38. The highest BCUT2D eigenvalue weighted by Gasteiger charge is 2.22. The van der Waals surface area contributed by atoms with Gasteiger partial charge in [0, 0.05) is 6.54 Å². The number of aryl methyl sites for hydroxylation is 1. The fourth-order valence-corrected chi connectivity index (χ4v) is 3.02. The Balaban J connectivity index is 2.61. The standard InChI is InChI=1S/C16H27NO3S/c1-5-6-13-7-9-14(10-8-13)21(19,20)17-12-11-15(18)16(2,3)4/h7-10,15,17-18H,5-6,11-12H2,1-4H3. The molecule has 2 N–H and O–H groups in total. The van der Waals surface area contributed by atoms with Crippen LogP contribution < -0.4 is 4.72 Å². The molecule has 0 radical (unpaired) electrons. The van der Waals surface area contributed by atoms with Crippen molar-refractivity contribution < 1.29 is 13.5 Å². The molecule has 0 aromatic heterocycles. The van der Waals surface area contributed by atoms with Crippen molar-refractivity contribution in [3.8, 4) is 0 Å². The van der Waals surface area contributed by atoms with Gasteiger partial charge in [0.15, 0.2) is 0 Å². The van der Waals surface area contributed by atoms with Gasteiger partial charge in [-0.1, -0.05) is 46.2 Å². The van der Waals surface area contributed by atoms with Crippen molar-refractivity contribution >= 4 is 10.0 Å². The van der Waals surface area contributed by atoms with Gasteiger partial charge in [-0.15, -0.1) is 0 Å². The fraction of sp³-hybridized carbons (Fsp3) is 0.625. The van der Waals surface area contributed by atoms with Crippen LogP contribution in [0.2, 0.25) is 0 Å². The van der Waals surface area contributed by atoms with Gasteiger partial charge >= 0.3 is 0 Å². The average molecular weight is 313 g/mol. The Kier molecular flexibility index (Phi) is 6.38. The number of aliphatic hydroxyl groups is 1. The smallest absolute Gasteiger partial charge is 0.240 e. The molecule has 5 heteroatoms. The van der Waals surface area contributed by atoms with E-state index in [4.69, 9.17) is 0 Å². The molecule has 0 aliphatic carbocycles. The first-order valence-corrected chi connectivity index (χ1v) is 8.92. The van der Waals surface area contributed by atoms with E-state index >= 15 is 0 Å². The number of benzene rings is 1. The van der Waals surface area contributed by atoms with Crippen molar-refractivity contribution in [1.29, 1.82) is 0 Å². The van der Waals surface area contributed by atoms with Crippen molar-refractivity contribution in [3.05, 3.63) is 29.8 Å². The average Bonchev–Trinajstić information content (AvgIpc) is 2.38. The Hall–Kier alpha value is -0.910. The maximum atomic E-state index is 12.1. The Morgan fingerprint density at radius 1 is 1.19 bits per heavy atom. The van der Waals surface area contributed by atoms with E-state index in [1.165, 1.54) is 0 Å². The summed E-state index contributed by atoms with van der Waals surface area (Å²) < 4.78 is 26.8. The molecule has 120 valence electrons. The Bertz CT molecular complexity index is 530. The third kappa shape index (κ3) is 5.77. The van der Waals surface area contributed by atoms with Crippen LogP contribution in [0.4, 0.5) is 0 Å². The monoisotopic (exact) mass is 313 g/mol. The van der Waals surface area contributed by atoms with Gasteiger partial charge in [-0.05, 0) is 36.0 Å². The first kappa shape index (κ1) is 18.1. The van der Waals surface area contributed by atoms with Crippen molar-refractivity contribution in [1.82, 2.24) is 4.72 Å². The van der Waals surface area contributed by atoms with Crippen LogP contribution in [-0.4, -0.2) is 26.2 Å². The minimum absolute atomic E-state index is 0.234. The van der Waals surface area contributed by atoms with Crippen molar-refractivity contribution in [2.24, 2.45) is 5.41 Å². The molecule has 4 nitrogen and oxygen atoms in total. The second-order valence-corrected chi connectivity index (χ2v) is 8.23. The lowest BCUT2D eigenvalue weighted by atomic mass is 9.87. The summed E-state index contributed by atoms with van der Waals surface area (Å²) in [6.45, 7) is 8.11. The van der Waals surface area contributed by atoms with Crippen LogP contribution in [0.25, 0.3) is 0 Å². The Morgan fingerprint density at radius 3 is 2.24 bits per heavy atom. The SMILES string of the molecule is CCCc1ccc(S(=O)(=O)NCCC(O)C(C)(C)C)cc1. The van der Waals surface area contributed by atoms with Gasteiger partial charge in [0.25, 0.3) is 0 Å². The quantitative estimate of drug-likeness (QED) is 0.813. The van der Waals surface area contributed by atoms with E-state index in [1.807, 2.05) is 32.9 Å². The van der Waals surface area contributed by atoms with Gasteiger partial charge in [-0.2, -0.15) is 0 Å². The van der Waals surface area contributed by atoms with E-state index in [9.17, 15) is 13.5 Å². The normalized spacial score (nSPS) is 14.1. The maximum absolute atomic E-state index is 12.1. The zero-order valence-corrected chi connectivity index (χ0v) is 14.2. The highest BCUT2D eigenvalue weighted by atomic mass is 32.2. The maximum Gasteiger partial charge on any atom is 0.240 e. The predicted molar refractivity (Wildman–Crippen MR) is 85.7 cm³/mol. The summed E-state index contributed by atoms with van der Waals surface area (Å²) in [5, 5.41) is 9.91. The summed E-state index contributed by atoms with van der Waals surface area (Å²) in [4.78, 5) is 0.271. The molecular weight excluding hydrogens is 286 g/mol. The van der Waals surface area contributed by atoms with Gasteiger partial charge in [-0.25, -0.2) is 13.1 Å². The number of rotatable bonds is 7. The first-order chi connectivity index (χ1) is 9.66. The zero-order valence-electron chi connectivity index (χ0n) is 13.4. The molecule has 21 heavy (non-hydrogen) atoms. The Labute approximate surface area is 128 Å². The van der Waals surface area contributed by atoms with E-state index < -0.39 is 16.1 Å². The van der Waals surface area contributed by atoms with Gasteiger partial charge in [-0.3, -0.25) is 0 Å². The largest absolute Gasteiger partial charge is 0.393 e. The Morgan fingerprint density at radius 2 is 1.76 bits per heavy atom. The lowest BCUT2D eigenvalue weighted by Crippen LogP contribution is -2.32. The van der Waals surface area contributed by atoms with Gasteiger partial charge in [0.1, 0.15) is 0 Å². The molecule has 1 aromatic rings. The minimum Gasteiger partial charge on any atom is -0.393 e. The number of hydrogen-bond acceptors (Lipinski definition) is 3. The second-order valence-electron chi connectivity index (χ2n) is 6.46. The molecule has 0 aliphatic heterocycles. The van der Waals surface area contributed by atoms with Gasteiger partial charge in [0.2, 0.25) is 10.0 Å². The molecule has 0 bridgehead atoms. The van der Waals surface area contributed by atoms with E-state index in [2.05, 4.69) is 11.6 Å². The highest BCUT2D eigenvalue weighted by molar-refractivity contribution is 7.89. The molecule has 1 unspecified atom stereocenters. The number of sulfonamides is 1. The first-order valence-electron chi connectivity index (χ1n) is 7.43. The van der Waals surface area contributed by atoms with Gasteiger partial charge in [0.05, 0.1) is 11.0 Å². The minimum atomic E-state index is -3.49.